The fourth-order valence-electron chi connectivity index (χ4n) is 2.25. The molecule has 1 heterocycles. The Morgan fingerprint density at radius 1 is 1.52 bits per heavy atom. The predicted molar refractivity (Wildman–Crippen MR) is 79.2 cm³/mol. The van der Waals surface area contributed by atoms with E-state index in [1.165, 1.54) is 4.31 Å². The maximum atomic E-state index is 12.2. The van der Waals surface area contributed by atoms with E-state index in [1.807, 2.05) is 17.7 Å². The van der Waals surface area contributed by atoms with Crippen molar-refractivity contribution in [2.45, 2.75) is 26.3 Å². The molecule has 0 saturated heterocycles. The molecule has 3 N–H and O–H groups in total. The lowest BCUT2D eigenvalue weighted by Gasteiger charge is -2.19. The van der Waals surface area contributed by atoms with Crippen molar-refractivity contribution in [3.63, 3.8) is 0 Å². The van der Waals surface area contributed by atoms with Crippen LogP contribution in [0.1, 0.15) is 31.0 Å². The van der Waals surface area contributed by atoms with Crippen LogP contribution in [0.4, 0.5) is 10.5 Å². The zero-order valence-corrected chi connectivity index (χ0v) is 12.8. The van der Waals surface area contributed by atoms with E-state index in [0.717, 1.165) is 11.1 Å². The van der Waals surface area contributed by atoms with Gasteiger partial charge in [-0.05, 0) is 37.5 Å². The summed E-state index contributed by atoms with van der Waals surface area (Å²) in [5.74, 6) is 0. The summed E-state index contributed by atoms with van der Waals surface area (Å²) in [5.41, 5.74) is 8.24. The smallest absolute Gasteiger partial charge is 0.422 e. The van der Waals surface area contributed by atoms with Crippen LogP contribution in [-0.4, -0.2) is 27.7 Å². The molecule has 0 saturated carbocycles. The summed E-state index contributed by atoms with van der Waals surface area (Å²) in [6, 6.07) is 5.30. The fourth-order valence-corrected chi connectivity index (χ4v) is 3.39. The molecule has 1 amide bonds. The van der Waals surface area contributed by atoms with E-state index in [4.69, 9.17) is 5.73 Å². The number of nitrogens with zero attached hydrogens (tertiary/aromatic N) is 1. The Hall–Kier alpha value is -1.80. The number of hydrogen-bond acceptors (Lipinski definition) is 5. The Labute approximate surface area is 124 Å². The van der Waals surface area contributed by atoms with E-state index in [-0.39, 0.29) is 19.2 Å². The number of rotatable bonds is 4. The zero-order chi connectivity index (χ0) is 15.6. The molecule has 21 heavy (non-hydrogen) atoms. The van der Waals surface area contributed by atoms with Crippen LogP contribution >= 0.6 is 0 Å². The Kier molecular flexibility index (Phi) is 4.38. The maximum absolute atomic E-state index is 12.2. The lowest BCUT2D eigenvalue weighted by molar-refractivity contribution is 0.158. The van der Waals surface area contributed by atoms with Gasteiger partial charge in [0.15, 0.2) is 0 Å². The molecule has 0 aliphatic carbocycles. The third-order valence-electron chi connectivity index (χ3n) is 3.26. The largest absolute Gasteiger partial charge is 0.449 e. The number of hydrogen-bond donors (Lipinski definition) is 2. The molecule has 0 bridgehead atoms. The summed E-state index contributed by atoms with van der Waals surface area (Å²) in [7, 11) is -3.95. The average Bonchev–Trinajstić information content (AvgIpc) is 2.81. The number of fused-ring (bicyclic) bond motifs is 1. The zero-order valence-electron chi connectivity index (χ0n) is 12.0. The van der Waals surface area contributed by atoms with E-state index in [9.17, 15) is 13.2 Å². The monoisotopic (exact) mass is 313 g/mol. The number of carbonyl (C=O) groups excluding carboxylic acids is 1. The van der Waals surface area contributed by atoms with Crippen molar-refractivity contribution in [3.8, 4) is 0 Å². The van der Waals surface area contributed by atoms with Crippen molar-refractivity contribution >= 4 is 22.0 Å². The number of nitrogens with one attached hydrogen (secondary N) is 1. The quantitative estimate of drug-likeness (QED) is 0.865. The molecule has 0 radical (unpaired) electrons. The predicted octanol–water partition coefficient (Wildman–Crippen LogP) is 1.06. The Morgan fingerprint density at radius 3 is 2.86 bits per heavy atom. The van der Waals surface area contributed by atoms with Gasteiger partial charge in [0.2, 0.25) is 0 Å². The Morgan fingerprint density at radius 2 is 2.24 bits per heavy atom. The first-order valence-electron chi connectivity index (χ1n) is 6.70. The van der Waals surface area contributed by atoms with Gasteiger partial charge in [-0.1, -0.05) is 12.1 Å². The molecule has 7 nitrogen and oxygen atoms in total. The lowest BCUT2D eigenvalue weighted by atomic mass is 10.0. The van der Waals surface area contributed by atoms with Gasteiger partial charge in [0.25, 0.3) is 0 Å². The van der Waals surface area contributed by atoms with Crippen LogP contribution in [0.25, 0.3) is 0 Å². The van der Waals surface area contributed by atoms with Crippen molar-refractivity contribution in [1.82, 2.24) is 4.72 Å². The molecule has 0 spiro atoms. The average molecular weight is 313 g/mol. The summed E-state index contributed by atoms with van der Waals surface area (Å²) in [4.78, 5) is 11.3. The topological polar surface area (TPSA) is 102 Å². The summed E-state index contributed by atoms with van der Waals surface area (Å²) < 4.78 is 32.0. The molecule has 1 aromatic rings. The number of anilines is 1. The molecule has 1 aliphatic rings. The minimum absolute atomic E-state index is 0.107. The highest BCUT2D eigenvalue weighted by Gasteiger charge is 2.31. The molecule has 1 atom stereocenters. The van der Waals surface area contributed by atoms with Gasteiger partial charge in [-0.2, -0.15) is 8.42 Å². The molecule has 0 aromatic heterocycles. The molecule has 8 heteroatoms. The van der Waals surface area contributed by atoms with E-state index in [0.29, 0.717) is 12.1 Å². The first-order valence-corrected chi connectivity index (χ1v) is 8.14. The summed E-state index contributed by atoms with van der Waals surface area (Å²) in [6.45, 7) is 3.86. The van der Waals surface area contributed by atoms with Gasteiger partial charge in [0.05, 0.1) is 12.3 Å². The Balaban J connectivity index is 2.24. The van der Waals surface area contributed by atoms with E-state index in [2.05, 4.69) is 4.74 Å². The van der Waals surface area contributed by atoms with Gasteiger partial charge in [-0.15, -0.1) is 0 Å². The van der Waals surface area contributed by atoms with Gasteiger partial charge in [-0.3, -0.25) is 4.31 Å². The van der Waals surface area contributed by atoms with Crippen LogP contribution in [0.2, 0.25) is 0 Å². The van der Waals surface area contributed by atoms with Gasteiger partial charge in [0.1, 0.15) is 0 Å². The van der Waals surface area contributed by atoms with Gasteiger partial charge >= 0.3 is 16.3 Å². The van der Waals surface area contributed by atoms with Crippen molar-refractivity contribution in [3.05, 3.63) is 29.3 Å². The second kappa shape index (κ2) is 5.90. The standard InChI is InChI=1S/C13H19N3O4S/c1-3-20-13(17)15-21(18,19)16-7-6-11-8-10(9(2)14)4-5-12(11)16/h4-5,8-9H,3,6-7,14H2,1-2H3,(H,15,17). The van der Waals surface area contributed by atoms with Crippen LogP contribution in [0, 0.1) is 0 Å². The molecular weight excluding hydrogens is 294 g/mol. The van der Waals surface area contributed by atoms with E-state index >= 15 is 0 Å². The highest BCUT2D eigenvalue weighted by molar-refractivity contribution is 7.91. The van der Waals surface area contributed by atoms with Gasteiger partial charge in [0, 0.05) is 12.6 Å². The summed E-state index contributed by atoms with van der Waals surface area (Å²) >= 11 is 0. The minimum Gasteiger partial charge on any atom is -0.449 e. The molecular formula is C13H19N3O4S. The van der Waals surface area contributed by atoms with Crippen LogP contribution < -0.4 is 14.8 Å². The first kappa shape index (κ1) is 15.6. The summed E-state index contributed by atoms with van der Waals surface area (Å²) in [6.07, 6.45) is -0.391. The minimum atomic E-state index is -3.95. The number of ether oxygens (including phenoxy) is 1. The van der Waals surface area contributed by atoms with Gasteiger partial charge in [-0.25, -0.2) is 9.52 Å². The number of carbonyl (C=O) groups is 1. The SMILES string of the molecule is CCOC(=O)NS(=O)(=O)N1CCc2cc(C(C)N)ccc21. The second-order valence-corrected chi connectivity index (χ2v) is 6.42. The number of benzene rings is 1. The van der Waals surface area contributed by atoms with E-state index < -0.39 is 16.3 Å². The van der Waals surface area contributed by atoms with Crippen LogP contribution in [0.5, 0.6) is 0 Å². The molecule has 1 aliphatic heterocycles. The van der Waals surface area contributed by atoms with Crippen LogP contribution in [0.15, 0.2) is 18.2 Å². The molecule has 2 rings (SSSR count). The Bertz CT molecular complexity index is 643. The first-order chi connectivity index (χ1) is 9.85. The van der Waals surface area contributed by atoms with Crippen molar-refractivity contribution in [2.24, 2.45) is 5.73 Å². The number of nitrogens with two attached hydrogens (primary N) is 1. The van der Waals surface area contributed by atoms with Crippen LogP contribution in [-0.2, 0) is 21.4 Å². The molecule has 1 aromatic carbocycles. The van der Waals surface area contributed by atoms with Crippen molar-refractivity contribution in [2.75, 3.05) is 17.5 Å². The molecule has 0 fully saturated rings. The van der Waals surface area contributed by atoms with E-state index in [1.54, 1.807) is 19.1 Å². The third-order valence-corrected chi connectivity index (χ3v) is 4.64. The highest BCUT2D eigenvalue weighted by atomic mass is 32.2. The maximum Gasteiger partial charge on any atom is 0.422 e. The third kappa shape index (κ3) is 3.27. The van der Waals surface area contributed by atoms with Crippen molar-refractivity contribution < 1.29 is 17.9 Å². The summed E-state index contributed by atoms with van der Waals surface area (Å²) in [5, 5.41) is 0. The molecule has 1 unspecified atom stereocenters. The number of amides is 1. The normalized spacial score (nSPS) is 15.5. The van der Waals surface area contributed by atoms with Gasteiger partial charge < -0.3 is 10.5 Å². The lowest BCUT2D eigenvalue weighted by Crippen LogP contribution is -2.43. The second-order valence-electron chi connectivity index (χ2n) is 4.83. The highest BCUT2D eigenvalue weighted by Crippen LogP contribution is 2.31. The fraction of sp³-hybridized carbons (Fsp3) is 0.462. The van der Waals surface area contributed by atoms with Crippen LogP contribution in [0.3, 0.4) is 0 Å². The van der Waals surface area contributed by atoms with Crippen molar-refractivity contribution in [1.29, 1.82) is 0 Å². The molecule has 116 valence electrons.